The molecule has 0 radical (unpaired) electrons. The quantitative estimate of drug-likeness (QED) is 0.152. The topological polar surface area (TPSA) is 43.9 Å². The summed E-state index contributed by atoms with van der Waals surface area (Å²) in [5, 5.41) is 5.34. The number of benzene rings is 7. The molecule has 7 aromatic carbocycles. The van der Waals surface area contributed by atoms with Crippen LogP contribution in [-0.2, 0) is 0 Å². The number of hydrogen-bond donors (Lipinski definition) is 0. The Labute approximate surface area is 341 Å². The molecule has 0 N–H and O–H groups in total. The predicted octanol–water partition coefficient (Wildman–Crippen LogP) is 14.8. The van der Waals surface area contributed by atoms with Crippen LogP contribution in [0.2, 0.25) is 0 Å². The zero-order valence-electron chi connectivity index (χ0n) is 32.4. The first-order chi connectivity index (χ1) is 29.1. The van der Waals surface area contributed by atoms with Crippen LogP contribution in [-0.4, -0.2) is 14.5 Å². The number of allylic oxidation sites excluding steroid dienone is 1. The standard InChI is InChI=1S/C55H37N3O/c1-3-43-44-28-24-41(37-16-9-5-10-17-37)33-51(44)58(50(43)32-35(2)36-14-7-4-8-15-36)49-21-13-20-46-45-29-25-42(34-52(45)59-55(46)49)48-31-27-40-23-22-39-26-30-47(38-18-11-6-12-19-38)56-53(39)54(40)57-48/h3-34H,1H2,2H3/b35-32+. The molecule has 0 aliphatic heterocycles. The van der Waals surface area contributed by atoms with Crippen molar-refractivity contribution < 1.29 is 4.42 Å². The summed E-state index contributed by atoms with van der Waals surface area (Å²) in [6, 6.07) is 63.7. The minimum Gasteiger partial charge on any atom is -0.454 e. The number of nitrogens with zero attached hydrogens (tertiary/aromatic N) is 3. The average molecular weight is 756 g/mol. The first-order valence-electron chi connectivity index (χ1n) is 19.9. The third-order valence-electron chi connectivity index (χ3n) is 11.5. The summed E-state index contributed by atoms with van der Waals surface area (Å²) in [7, 11) is 0. The van der Waals surface area contributed by atoms with Crippen molar-refractivity contribution in [3.05, 3.63) is 205 Å². The maximum atomic E-state index is 6.97. The van der Waals surface area contributed by atoms with Crippen LogP contribution in [0.4, 0.5) is 0 Å². The maximum absolute atomic E-state index is 6.97. The number of fused-ring (bicyclic) bond motifs is 7. The number of para-hydroxylation sites is 1. The molecule has 0 fully saturated rings. The third-order valence-corrected chi connectivity index (χ3v) is 11.5. The largest absolute Gasteiger partial charge is 0.454 e. The van der Waals surface area contributed by atoms with Crippen LogP contribution < -0.4 is 0 Å². The molecule has 4 aromatic heterocycles. The van der Waals surface area contributed by atoms with Gasteiger partial charge >= 0.3 is 0 Å². The highest BCUT2D eigenvalue weighted by molar-refractivity contribution is 6.10. The molecule has 0 unspecified atom stereocenters. The second kappa shape index (κ2) is 14.0. The molecule has 0 spiro atoms. The van der Waals surface area contributed by atoms with Gasteiger partial charge in [0, 0.05) is 43.6 Å². The van der Waals surface area contributed by atoms with Crippen molar-refractivity contribution in [2.24, 2.45) is 0 Å². The summed E-state index contributed by atoms with van der Waals surface area (Å²) >= 11 is 0. The van der Waals surface area contributed by atoms with E-state index in [1.807, 2.05) is 24.3 Å². The van der Waals surface area contributed by atoms with Gasteiger partial charge in [-0.15, -0.1) is 0 Å². The molecule has 0 saturated heterocycles. The Morgan fingerprint density at radius 1 is 0.542 bits per heavy atom. The minimum atomic E-state index is 0.803. The molecule has 0 amide bonds. The van der Waals surface area contributed by atoms with E-state index < -0.39 is 0 Å². The Morgan fingerprint density at radius 2 is 1.15 bits per heavy atom. The van der Waals surface area contributed by atoms with Gasteiger partial charge in [0.05, 0.1) is 39.3 Å². The zero-order valence-corrected chi connectivity index (χ0v) is 32.4. The molecule has 0 aliphatic rings. The van der Waals surface area contributed by atoms with E-state index in [-0.39, 0.29) is 0 Å². The molecule has 11 rings (SSSR count). The van der Waals surface area contributed by atoms with Gasteiger partial charge in [0.25, 0.3) is 0 Å². The predicted molar refractivity (Wildman–Crippen MR) is 248 cm³/mol. The van der Waals surface area contributed by atoms with Gasteiger partial charge in [0.1, 0.15) is 5.58 Å². The molecule has 0 atom stereocenters. The van der Waals surface area contributed by atoms with Gasteiger partial charge in [-0.3, -0.25) is 0 Å². The molecule has 0 saturated carbocycles. The van der Waals surface area contributed by atoms with E-state index in [0.717, 1.165) is 111 Å². The van der Waals surface area contributed by atoms with Crippen LogP contribution in [0, 0.1) is 0 Å². The summed E-state index contributed by atoms with van der Waals surface area (Å²) in [5.41, 5.74) is 16.0. The monoisotopic (exact) mass is 755 g/mol. The van der Waals surface area contributed by atoms with Gasteiger partial charge in [-0.25, -0.2) is 9.97 Å². The fraction of sp³-hybridized carbons (Fsp3) is 0.0182. The van der Waals surface area contributed by atoms with Crippen LogP contribution in [0.15, 0.2) is 193 Å². The summed E-state index contributed by atoms with van der Waals surface area (Å²) in [6.45, 7) is 6.49. The number of pyridine rings is 2. The van der Waals surface area contributed by atoms with Gasteiger partial charge in [0.15, 0.2) is 5.58 Å². The van der Waals surface area contributed by atoms with Crippen molar-refractivity contribution in [3.63, 3.8) is 0 Å². The van der Waals surface area contributed by atoms with Gasteiger partial charge in [0.2, 0.25) is 0 Å². The number of rotatable bonds is 7. The van der Waals surface area contributed by atoms with Crippen LogP contribution in [0.1, 0.15) is 23.7 Å². The zero-order chi connectivity index (χ0) is 39.5. The Hall–Kier alpha value is -7.82. The fourth-order valence-corrected chi connectivity index (χ4v) is 8.57. The first kappa shape index (κ1) is 34.4. The van der Waals surface area contributed by atoms with Crippen LogP contribution in [0.5, 0.6) is 0 Å². The highest BCUT2D eigenvalue weighted by Gasteiger charge is 2.21. The highest BCUT2D eigenvalue weighted by Crippen LogP contribution is 2.41. The Morgan fingerprint density at radius 3 is 1.85 bits per heavy atom. The smallest absolute Gasteiger partial charge is 0.159 e. The van der Waals surface area contributed by atoms with E-state index in [4.69, 9.17) is 14.4 Å². The van der Waals surface area contributed by atoms with Crippen molar-refractivity contribution in [3.8, 4) is 39.3 Å². The molecule has 59 heavy (non-hydrogen) atoms. The number of furan rings is 1. The molecular weight excluding hydrogens is 719 g/mol. The van der Waals surface area contributed by atoms with Crippen molar-refractivity contribution >= 4 is 72.4 Å². The molecule has 11 aromatic rings. The van der Waals surface area contributed by atoms with Crippen LogP contribution in [0.25, 0.3) is 112 Å². The molecule has 0 aliphatic carbocycles. The van der Waals surface area contributed by atoms with E-state index in [9.17, 15) is 0 Å². The molecule has 0 bridgehead atoms. The van der Waals surface area contributed by atoms with Crippen molar-refractivity contribution in [2.45, 2.75) is 6.92 Å². The third kappa shape index (κ3) is 5.84. The normalized spacial score (nSPS) is 12.0. The van der Waals surface area contributed by atoms with Gasteiger partial charge < -0.3 is 8.98 Å². The van der Waals surface area contributed by atoms with E-state index in [1.54, 1.807) is 0 Å². The highest BCUT2D eigenvalue weighted by atomic mass is 16.3. The van der Waals surface area contributed by atoms with Crippen molar-refractivity contribution in [2.75, 3.05) is 0 Å². The maximum Gasteiger partial charge on any atom is 0.159 e. The molecule has 4 nitrogen and oxygen atoms in total. The lowest BCUT2D eigenvalue weighted by Crippen LogP contribution is -1.98. The molecule has 278 valence electrons. The van der Waals surface area contributed by atoms with Gasteiger partial charge in [-0.2, -0.15) is 0 Å². The average Bonchev–Trinajstić information content (AvgIpc) is 3.83. The molecule has 4 heterocycles. The molecular formula is C55H37N3O. The minimum absolute atomic E-state index is 0.803. The summed E-state index contributed by atoms with van der Waals surface area (Å²) in [4.78, 5) is 10.4. The van der Waals surface area contributed by atoms with E-state index in [0.29, 0.717) is 0 Å². The lowest BCUT2D eigenvalue weighted by molar-refractivity contribution is 0.666. The van der Waals surface area contributed by atoms with Crippen LogP contribution in [0.3, 0.4) is 0 Å². The molecule has 4 heteroatoms. The number of hydrogen-bond acceptors (Lipinski definition) is 3. The number of aromatic nitrogens is 3. The first-order valence-corrected chi connectivity index (χ1v) is 19.9. The lowest BCUT2D eigenvalue weighted by Gasteiger charge is -2.12. The fourth-order valence-electron chi connectivity index (χ4n) is 8.57. The van der Waals surface area contributed by atoms with Gasteiger partial charge in [-0.1, -0.05) is 158 Å². The lowest BCUT2D eigenvalue weighted by atomic mass is 10.0. The van der Waals surface area contributed by atoms with Crippen molar-refractivity contribution in [1.82, 2.24) is 14.5 Å². The summed E-state index contributed by atoms with van der Waals surface area (Å²) < 4.78 is 9.32. The SMILES string of the molecule is C=Cc1c(/C=C(\C)c2ccccc2)n(-c2cccc3c2oc2cc(-c4ccc5ccc6ccc(-c7ccccc7)nc6c5n4)ccc23)c2cc(-c3ccccc3)ccc12. The van der Waals surface area contributed by atoms with Gasteiger partial charge in [-0.05, 0) is 71.7 Å². The van der Waals surface area contributed by atoms with E-state index in [1.165, 1.54) is 5.56 Å². The Kier molecular flexibility index (Phi) is 8.16. The van der Waals surface area contributed by atoms with E-state index in [2.05, 4.69) is 188 Å². The summed E-state index contributed by atoms with van der Waals surface area (Å²) in [5.74, 6) is 0. The van der Waals surface area contributed by atoms with Crippen LogP contribution >= 0.6 is 0 Å². The Bertz CT molecular complexity index is 3450. The summed E-state index contributed by atoms with van der Waals surface area (Å²) in [6.07, 6.45) is 4.26. The van der Waals surface area contributed by atoms with E-state index >= 15 is 0 Å². The van der Waals surface area contributed by atoms with Crippen molar-refractivity contribution in [1.29, 1.82) is 0 Å². The second-order valence-electron chi connectivity index (χ2n) is 15.1. The Balaban J connectivity index is 1.10. The second-order valence-corrected chi connectivity index (χ2v) is 15.1.